The van der Waals surface area contributed by atoms with E-state index in [1.807, 2.05) is 26.8 Å². The molecule has 20 heavy (non-hydrogen) atoms. The van der Waals surface area contributed by atoms with E-state index in [0.717, 1.165) is 9.26 Å². The number of carbonyl (C=O) groups excluding carboxylic acids is 2. The Bertz CT molecular complexity index is 510. The fourth-order valence-electron chi connectivity index (χ4n) is 1.50. The SMILES string of the molecule is CC(=O)c1cc(CCNC(=O)OC(C)(C)C)cc(I)n1. The Hall–Kier alpha value is -1.18. The fourth-order valence-corrected chi connectivity index (χ4v) is 2.16. The lowest BCUT2D eigenvalue weighted by Crippen LogP contribution is -2.33. The molecule has 0 saturated heterocycles. The van der Waals surface area contributed by atoms with E-state index in [0.29, 0.717) is 18.7 Å². The van der Waals surface area contributed by atoms with Crippen LogP contribution in [0.2, 0.25) is 0 Å². The van der Waals surface area contributed by atoms with Crippen molar-refractivity contribution in [2.45, 2.75) is 39.7 Å². The minimum absolute atomic E-state index is 0.0649. The standard InChI is InChI=1S/C14H19IN2O3/c1-9(18)11-7-10(8-12(15)17-11)5-6-16-13(19)20-14(2,3)4/h7-8H,5-6H2,1-4H3,(H,16,19). The number of aromatic nitrogens is 1. The number of carbonyl (C=O) groups is 2. The van der Waals surface area contributed by atoms with Crippen LogP contribution in [0.15, 0.2) is 12.1 Å². The van der Waals surface area contributed by atoms with Crippen LogP contribution in [0.5, 0.6) is 0 Å². The molecule has 0 spiro atoms. The van der Waals surface area contributed by atoms with Crippen LogP contribution in [0, 0.1) is 3.70 Å². The van der Waals surface area contributed by atoms with E-state index < -0.39 is 11.7 Å². The second-order valence-electron chi connectivity index (χ2n) is 5.42. The molecule has 0 fully saturated rings. The molecule has 1 amide bonds. The molecule has 1 rings (SSSR count). The summed E-state index contributed by atoms with van der Waals surface area (Å²) in [6.07, 6.45) is 0.186. The van der Waals surface area contributed by atoms with Crippen molar-refractivity contribution in [3.05, 3.63) is 27.1 Å². The first-order valence-electron chi connectivity index (χ1n) is 6.31. The number of hydrogen-bond donors (Lipinski definition) is 1. The van der Waals surface area contributed by atoms with E-state index in [9.17, 15) is 9.59 Å². The van der Waals surface area contributed by atoms with Gasteiger partial charge >= 0.3 is 6.09 Å². The third kappa shape index (κ3) is 6.31. The number of rotatable bonds is 4. The summed E-state index contributed by atoms with van der Waals surface area (Å²) >= 11 is 2.07. The quantitative estimate of drug-likeness (QED) is 0.488. The van der Waals surface area contributed by atoms with Gasteiger partial charge in [0.15, 0.2) is 5.78 Å². The molecular weight excluding hydrogens is 371 g/mol. The van der Waals surface area contributed by atoms with Crippen molar-refractivity contribution < 1.29 is 14.3 Å². The van der Waals surface area contributed by atoms with Gasteiger partial charge < -0.3 is 10.1 Å². The number of pyridine rings is 1. The van der Waals surface area contributed by atoms with Crippen molar-refractivity contribution in [2.75, 3.05) is 6.54 Å². The molecule has 1 aromatic rings. The number of halogens is 1. The molecule has 110 valence electrons. The summed E-state index contributed by atoms with van der Waals surface area (Å²) in [5.41, 5.74) is 0.910. The van der Waals surface area contributed by atoms with Crippen molar-refractivity contribution in [2.24, 2.45) is 0 Å². The number of nitrogens with zero attached hydrogens (tertiary/aromatic N) is 1. The average Bonchev–Trinajstić information content (AvgIpc) is 2.25. The maximum atomic E-state index is 11.5. The van der Waals surface area contributed by atoms with Crippen LogP contribution < -0.4 is 5.32 Å². The number of hydrogen-bond acceptors (Lipinski definition) is 4. The molecule has 0 radical (unpaired) electrons. The van der Waals surface area contributed by atoms with Gasteiger partial charge in [-0.05, 0) is 67.5 Å². The first-order chi connectivity index (χ1) is 9.17. The summed E-state index contributed by atoms with van der Waals surface area (Å²) in [5.74, 6) is -0.0649. The second-order valence-corrected chi connectivity index (χ2v) is 6.52. The van der Waals surface area contributed by atoms with Gasteiger partial charge in [0.2, 0.25) is 0 Å². The first-order valence-corrected chi connectivity index (χ1v) is 7.39. The molecule has 0 saturated carbocycles. The summed E-state index contributed by atoms with van der Waals surface area (Å²) in [6.45, 7) is 7.39. The zero-order valence-electron chi connectivity index (χ0n) is 12.1. The van der Waals surface area contributed by atoms with Crippen molar-refractivity contribution in [3.8, 4) is 0 Å². The molecule has 1 heterocycles. The Morgan fingerprint density at radius 3 is 2.55 bits per heavy atom. The normalized spacial score (nSPS) is 11.1. The van der Waals surface area contributed by atoms with Crippen molar-refractivity contribution >= 4 is 34.5 Å². The van der Waals surface area contributed by atoms with E-state index in [1.54, 1.807) is 6.07 Å². The number of amides is 1. The Balaban J connectivity index is 2.54. The molecule has 0 aliphatic carbocycles. The smallest absolute Gasteiger partial charge is 0.407 e. The van der Waals surface area contributed by atoms with Gasteiger partial charge in [-0.3, -0.25) is 4.79 Å². The summed E-state index contributed by atoms with van der Waals surface area (Å²) < 4.78 is 5.91. The van der Waals surface area contributed by atoms with Crippen LogP contribution in [0.4, 0.5) is 4.79 Å². The molecule has 0 unspecified atom stereocenters. The molecule has 0 aromatic carbocycles. The van der Waals surface area contributed by atoms with Gasteiger partial charge in [-0.2, -0.15) is 0 Å². The number of alkyl carbamates (subject to hydrolysis) is 1. The maximum Gasteiger partial charge on any atom is 0.407 e. The zero-order valence-corrected chi connectivity index (χ0v) is 14.3. The van der Waals surface area contributed by atoms with Crippen LogP contribution in [-0.2, 0) is 11.2 Å². The predicted octanol–water partition coefficient (Wildman–Crippen LogP) is 2.96. The van der Waals surface area contributed by atoms with E-state index in [1.165, 1.54) is 6.92 Å². The number of Topliss-reactive ketones (excluding diaryl/α,β-unsaturated/α-hetero) is 1. The molecule has 5 nitrogen and oxygen atoms in total. The van der Waals surface area contributed by atoms with Crippen molar-refractivity contribution in [3.63, 3.8) is 0 Å². The lowest BCUT2D eigenvalue weighted by Gasteiger charge is -2.19. The van der Waals surface area contributed by atoms with Gasteiger partial charge in [-0.1, -0.05) is 0 Å². The maximum absolute atomic E-state index is 11.5. The number of nitrogens with one attached hydrogen (secondary N) is 1. The van der Waals surface area contributed by atoms with Crippen LogP contribution in [0.25, 0.3) is 0 Å². The minimum Gasteiger partial charge on any atom is -0.444 e. The fraction of sp³-hybridized carbons (Fsp3) is 0.500. The van der Waals surface area contributed by atoms with Crippen LogP contribution in [0.1, 0.15) is 43.7 Å². The van der Waals surface area contributed by atoms with Crippen LogP contribution in [-0.4, -0.2) is 29.0 Å². The monoisotopic (exact) mass is 390 g/mol. The molecular formula is C14H19IN2O3. The highest BCUT2D eigenvalue weighted by Crippen LogP contribution is 2.10. The molecule has 0 atom stereocenters. The summed E-state index contributed by atoms with van der Waals surface area (Å²) in [7, 11) is 0. The van der Waals surface area contributed by atoms with E-state index in [2.05, 4.69) is 32.9 Å². The molecule has 1 aromatic heterocycles. The molecule has 1 N–H and O–H groups in total. The van der Waals surface area contributed by atoms with Gasteiger partial charge in [0.05, 0.1) is 0 Å². The third-order valence-electron chi connectivity index (χ3n) is 2.30. The number of ketones is 1. The van der Waals surface area contributed by atoms with Crippen LogP contribution >= 0.6 is 22.6 Å². The average molecular weight is 390 g/mol. The Labute approximate surface area is 132 Å². The Kier molecular flexibility index (Phi) is 5.91. The highest BCUT2D eigenvalue weighted by atomic mass is 127. The summed E-state index contributed by atoms with van der Waals surface area (Å²) in [6, 6.07) is 3.64. The van der Waals surface area contributed by atoms with E-state index in [-0.39, 0.29) is 5.78 Å². The van der Waals surface area contributed by atoms with E-state index >= 15 is 0 Å². The molecule has 0 aliphatic heterocycles. The van der Waals surface area contributed by atoms with Crippen molar-refractivity contribution in [1.29, 1.82) is 0 Å². The second kappa shape index (κ2) is 7.01. The highest BCUT2D eigenvalue weighted by Gasteiger charge is 2.15. The van der Waals surface area contributed by atoms with Gasteiger partial charge in [-0.15, -0.1) is 0 Å². The largest absolute Gasteiger partial charge is 0.444 e. The van der Waals surface area contributed by atoms with Crippen LogP contribution in [0.3, 0.4) is 0 Å². The van der Waals surface area contributed by atoms with Gasteiger partial charge in [-0.25, -0.2) is 9.78 Å². The number of ether oxygens (including phenoxy) is 1. The van der Waals surface area contributed by atoms with Gasteiger partial charge in [0, 0.05) is 13.5 Å². The highest BCUT2D eigenvalue weighted by molar-refractivity contribution is 14.1. The topological polar surface area (TPSA) is 68.3 Å². The van der Waals surface area contributed by atoms with Crippen molar-refractivity contribution in [1.82, 2.24) is 10.3 Å². The minimum atomic E-state index is -0.502. The Morgan fingerprint density at radius 2 is 2.00 bits per heavy atom. The summed E-state index contributed by atoms with van der Waals surface area (Å²) in [4.78, 5) is 27.0. The zero-order chi connectivity index (χ0) is 15.3. The lowest BCUT2D eigenvalue weighted by molar-refractivity contribution is 0.0528. The van der Waals surface area contributed by atoms with Gasteiger partial charge in [0.25, 0.3) is 0 Å². The van der Waals surface area contributed by atoms with E-state index in [4.69, 9.17) is 4.74 Å². The first kappa shape index (κ1) is 16.9. The predicted molar refractivity (Wildman–Crippen MR) is 84.9 cm³/mol. The molecule has 6 heteroatoms. The molecule has 0 bridgehead atoms. The third-order valence-corrected chi connectivity index (χ3v) is 2.85. The summed E-state index contributed by atoms with van der Waals surface area (Å²) in [5, 5.41) is 2.69. The molecule has 0 aliphatic rings. The lowest BCUT2D eigenvalue weighted by atomic mass is 10.1. The Morgan fingerprint density at radius 1 is 1.35 bits per heavy atom. The van der Waals surface area contributed by atoms with Gasteiger partial charge in [0.1, 0.15) is 15.0 Å².